The third-order valence-electron chi connectivity index (χ3n) is 3.41. The van der Waals surface area contributed by atoms with E-state index in [2.05, 4.69) is 20.9 Å². The second-order valence-corrected chi connectivity index (χ2v) is 5.52. The molecular weight excluding hydrogens is 336 g/mol. The van der Waals surface area contributed by atoms with Gasteiger partial charge in [0, 0.05) is 12.1 Å². The molecule has 21 heavy (non-hydrogen) atoms. The number of carboxylic acids is 1. The lowest BCUT2D eigenvalue weighted by molar-refractivity contribution is -0.138. The number of carboxylic acid groups (broad SMARTS) is 1. The van der Waals surface area contributed by atoms with Crippen LogP contribution in [0.5, 0.6) is 0 Å². The average molecular weight is 347 g/mol. The highest BCUT2D eigenvalue weighted by Crippen LogP contribution is 2.33. The Balaban J connectivity index is 2.05. The summed E-state index contributed by atoms with van der Waals surface area (Å²) in [6.45, 7) is 0. The van der Waals surface area contributed by atoms with Gasteiger partial charge >= 0.3 is 5.97 Å². The number of pyridine rings is 1. The lowest BCUT2D eigenvalue weighted by Crippen LogP contribution is -2.43. The van der Waals surface area contributed by atoms with E-state index in [4.69, 9.17) is 0 Å². The topological polar surface area (TPSA) is 70.5 Å². The van der Waals surface area contributed by atoms with Crippen LogP contribution in [0.4, 0.5) is 5.69 Å². The number of nitrogens with zero attached hydrogens (tertiary/aromatic N) is 2. The summed E-state index contributed by atoms with van der Waals surface area (Å²) in [5, 5.41) is 9.38. The number of amides is 1. The molecule has 2 aromatic rings. The van der Waals surface area contributed by atoms with E-state index in [1.165, 1.54) is 4.90 Å². The van der Waals surface area contributed by atoms with Crippen LogP contribution in [0.15, 0.2) is 47.1 Å². The van der Waals surface area contributed by atoms with Crippen molar-refractivity contribution in [2.45, 2.75) is 12.5 Å². The number of para-hydroxylation sites is 1. The van der Waals surface area contributed by atoms with E-state index in [1.807, 2.05) is 12.1 Å². The first-order valence-electron chi connectivity index (χ1n) is 6.35. The number of aliphatic carboxylic acids is 1. The van der Waals surface area contributed by atoms with Crippen molar-refractivity contribution in [3.05, 3.63) is 58.3 Å². The van der Waals surface area contributed by atoms with Gasteiger partial charge in [-0.1, -0.05) is 24.3 Å². The molecule has 2 heterocycles. The zero-order valence-electron chi connectivity index (χ0n) is 10.9. The molecule has 1 aromatic carbocycles. The van der Waals surface area contributed by atoms with Gasteiger partial charge in [-0.25, -0.2) is 9.78 Å². The first-order chi connectivity index (χ1) is 10.1. The monoisotopic (exact) mass is 346 g/mol. The van der Waals surface area contributed by atoms with Crippen molar-refractivity contribution in [2.24, 2.45) is 0 Å². The third kappa shape index (κ3) is 2.42. The van der Waals surface area contributed by atoms with Gasteiger partial charge < -0.3 is 5.11 Å². The number of rotatable bonds is 2. The number of aromatic nitrogens is 1. The molecule has 3 rings (SSSR count). The van der Waals surface area contributed by atoms with Crippen molar-refractivity contribution < 1.29 is 14.7 Å². The minimum absolute atomic E-state index is 0.215. The molecular formula is C15H11BrN2O3. The fourth-order valence-corrected chi connectivity index (χ4v) is 2.83. The standard InChI is InChI=1S/C15H11BrN2O3/c16-13-7-3-5-10(17-13)14(19)18-11-6-2-1-4-9(11)8-12(18)15(20)21/h1-7,12H,8H2,(H,20,21)/t12-/m0/s1. The van der Waals surface area contributed by atoms with Crippen LogP contribution >= 0.6 is 15.9 Å². The molecule has 1 amide bonds. The van der Waals surface area contributed by atoms with E-state index in [-0.39, 0.29) is 5.69 Å². The maximum Gasteiger partial charge on any atom is 0.327 e. The van der Waals surface area contributed by atoms with Crippen LogP contribution < -0.4 is 4.90 Å². The predicted molar refractivity (Wildman–Crippen MR) is 80.3 cm³/mol. The molecule has 0 bridgehead atoms. The van der Waals surface area contributed by atoms with Crippen molar-refractivity contribution in [2.75, 3.05) is 4.90 Å². The number of fused-ring (bicyclic) bond motifs is 1. The van der Waals surface area contributed by atoms with E-state index in [1.54, 1.807) is 30.3 Å². The van der Waals surface area contributed by atoms with Gasteiger partial charge in [0.05, 0.1) is 0 Å². The summed E-state index contributed by atoms with van der Waals surface area (Å²) in [4.78, 5) is 29.5. The second kappa shape index (κ2) is 5.29. The van der Waals surface area contributed by atoms with E-state index >= 15 is 0 Å². The molecule has 106 valence electrons. The number of carbonyl (C=O) groups is 2. The van der Waals surface area contributed by atoms with Crippen LogP contribution in [0.1, 0.15) is 16.1 Å². The second-order valence-electron chi connectivity index (χ2n) is 4.71. The Kier molecular flexibility index (Phi) is 3.47. The van der Waals surface area contributed by atoms with E-state index < -0.39 is 17.9 Å². The van der Waals surface area contributed by atoms with Gasteiger partial charge in [-0.3, -0.25) is 9.69 Å². The lowest BCUT2D eigenvalue weighted by Gasteiger charge is -2.22. The van der Waals surface area contributed by atoms with Gasteiger partial charge in [-0.05, 0) is 39.7 Å². The average Bonchev–Trinajstić information content (AvgIpc) is 2.86. The molecule has 0 radical (unpaired) electrons. The highest BCUT2D eigenvalue weighted by atomic mass is 79.9. The van der Waals surface area contributed by atoms with Crippen LogP contribution in [0, 0.1) is 0 Å². The van der Waals surface area contributed by atoms with Gasteiger partial charge in [0.15, 0.2) is 0 Å². The minimum atomic E-state index is -1.02. The van der Waals surface area contributed by atoms with Crippen LogP contribution in [0.25, 0.3) is 0 Å². The maximum absolute atomic E-state index is 12.7. The van der Waals surface area contributed by atoms with Crippen molar-refractivity contribution in [3.8, 4) is 0 Å². The fourth-order valence-electron chi connectivity index (χ4n) is 2.49. The summed E-state index contributed by atoms with van der Waals surface area (Å²) in [5.74, 6) is -1.43. The van der Waals surface area contributed by atoms with E-state index in [0.717, 1.165) is 5.56 Å². The van der Waals surface area contributed by atoms with Gasteiger partial charge in [-0.2, -0.15) is 0 Å². The van der Waals surface area contributed by atoms with Gasteiger partial charge in [-0.15, -0.1) is 0 Å². The molecule has 0 spiro atoms. The van der Waals surface area contributed by atoms with E-state index in [9.17, 15) is 14.7 Å². The van der Waals surface area contributed by atoms with Crippen molar-refractivity contribution in [3.63, 3.8) is 0 Å². The largest absolute Gasteiger partial charge is 0.480 e. The Morgan fingerprint density at radius 2 is 1.95 bits per heavy atom. The Bertz CT molecular complexity index is 732. The third-order valence-corrected chi connectivity index (χ3v) is 3.86. The lowest BCUT2D eigenvalue weighted by atomic mass is 10.1. The van der Waals surface area contributed by atoms with Gasteiger partial charge in [0.1, 0.15) is 16.3 Å². The molecule has 1 aromatic heterocycles. The summed E-state index contributed by atoms with van der Waals surface area (Å²) in [6.07, 6.45) is 0.311. The predicted octanol–water partition coefficient (Wildman–Crippen LogP) is 2.50. The smallest absolute Gasteiger partial charge is 0.327 e. The number of anilines is 1. The molecule has 1 atom stereocenters. The Morgan fingerprint density at radius 1 is 1.19 bits per heavy atom. The molecule has 1 N–H and O–H groups in total. The number of halogens is 1. The fraction of sp³-hybridized carbons (Fsp3) is 0.133. The molecule has 0 saturated carbocycles. The number of carbonyl (C=O) groups excluding carboxylic acids is 1. The summed E-state index contributed by atoms with van der Waals surface area (Å²) >= 11 is 3.22. The zero-order valence-corrected chi connectivity index (χ0v) is 12.4. The summed E-state index contributed by atoms with van der Waals surface area (Å²) < 4.78 is 0.535. The van der Waals surface area contributed by atoms with Crippen LogP contribution in [-0.2, 0) is 11.2 Å². The first-order valence-corrected chi connectivity index (χ1v) is 7.14. The first kappa shape index (κ1) is 13.8. The zero-order chi connectivity index (χ0) is 15.0. The minimum Gasteiger partial charge on any atom is -0.480 e. The van der Waals surface area contributed by atoms with Crippen LogP contribution in [0.3, 0.4) is 0 Å². The van der Waals surface area contributed by atoms with E-state index in [0.29, 0.717) is 16.7 Å². The van der Waals surface area contributed by atoms with Crippen LogP contribution in [-0.4, -0.2) is 28.0 Å². The number of benzene rings is 1. The SMILES string of the molecule is O=C(O)[C@@H]1Cc2ccccc2N1C(=O)c1cccc(Br)n1. The molecule has 0 saturated heterocycles. The molecule has 1 aliphatic rings. The van der Waals surface area contributed by atoms with Crippen molar-refractivity contribution in [1.29, 1.82) is 0 Å². The van der Waals surface area contributed by atoms with Crippen molar-refractivity contribution >= 4 is 33.5 Å². The molecule has 6 heteroatoms. The van der Waals surface area contributed by atoms with Crippen LogP contribution in [0.2, 0.25) is 0 Å². The highest BCUT2D eigenvalue weighted by Gasteiger charge is 2.39. The molecule has 0 unspecified atom stereocenters. The van der Waals surface area contributed by atoms with Gasteiger partial charge in [0.25, 0.3) is 5.91 Å². The molecule has 1 aliphatic heterocycles. The highest BCUT2D eigenvalue weighted by molar-refractivity contribution is 9.10. The van der Waals surface area contributed by atoms with Gasteiger partial charge in [0.2, 0.25) is 0 Å². The summed E-state index contributed by atoms with van der Waals surface area (Å²) in [7, 11) is 0. The maximum atomic E-state index is 12.7. The summed E-state index contributed by atoms with van der Waals surface area (Å²) in [6, 6.07) is 11.3. The summed E-state index contributed by atoms with van der Waals surface area (Å²) in [5.41, 5.74) is 1.71. The van der Waals surface area contributed by atoms with Crippen molar-refractivity contribution in [1.82, 2.24) is 4.98 Å². The quantitative estimate of drug-likeness (QED) is 0.848. The normalized spacial score (nSPS) is 16.6. The molecule has 5 nitrogen and oxygen atoms in total. The Hall–Kier alpha value is -2.21. The molecule has 0 fully saturated rings. The Labute approximate surface area is 129 Å². The number of hydrogen-bond donors (Lipinski definition) is 1. The Morgan fingerprint density at radius 3 is 2.67 bits per heavy atom. The molecule has 0 aliphatic carbocycles. The number of hydrogen-bond acceptors (Lipinski definition) is 3.